The minimum absolute atomic E-state index is 0.000508. The number of hydrogen-bond acceptors (Lipinski definition) is 7. The number of primary amides is 1. The summed E-state index contributed by atoms with van der Waals surface area (Å²) in [7, 11) is 0. The minimum Gasteiger partial charge on any atom is -0.363 e. The second-order valence-electron chi connectivity index (χ2n) is 9.16. The van der Waals surface area contributed by atoms with Gasteiger partial charge in [0.05, 0.1) is 12.7 Å². The highest BCUT2D eigenvalue weighted by Crippen LogP contribution is 2.21. The van der Waals surface area contributed by atoms with Crippen molar-refractivity contribution in [2.75, 3.05) is 0 Å². The van der Waals surface area contributed by atoms with Gasteiger partial charge >= 0.3 is 0 Å². The Kier molecular flexibility index (Phi) is 6.62. The van der Waals surface area contributed by atoms with Crippen LogP contribution in [-0.2, 0) is 17.9 Å². The Hall–Kier alpha value is -5.91. The molecule has 0 aliphatic carbocycles. The van der Waals surface area contributed by atoms with Crippen molar-refractivity contribution in [2.24, 2.45) is 5.73 Å². The number of nitrogens with zero attached hydrogens (tertiary/aromatic N) is 6. The number of amides is 2. The summed E-state index contributed by atoms with van der Waals surface area (Å²) >= 11 is 0. The number of nitrogens with two attached hydrogens (primary N) is 1. The molecule has 0 radical (unpaired) electrons. The molecule has 6 aromatic rings. The van der Waals surface area contributed by atoms with Crippen LogP contribution in [0.2, 0.25) is 0 Å². The number of nitrogens with one attached hydrogen (secondary N) is 2. The summed E-state index contributed by atoms with van der Waals surface area (Å²) in [4.78, 5) is 55.2. The Morgan fingerprint density at radius 1 is 0.927 bits per heavy atom. The maximum Gasteiger partial charge on any atom is 0.288 e. The quantitative estimate of drug-likeness (QED) is 0.264. The zero-order valence-corrected chi connectivity index (χ0v) is 21.6. The van der Waals surface area contributed by atoms with Crippen molar-refractivity contribution in [2.45, 2.75) is 13.1 Å². The van der Waals surface area contributed by atoms with Crippen LogP contribution >= 0.6 is 0 Å². The molecule has 0 saturated heterocycles. The van der Waals surface area contributed by atoms with Crippen molar-refractivity contribution >= 4 is 22.7 Å². The molecule has 0 atom stereocenters. The third kappa shape index (κ3) is 5.08. The summed E-state index contributed by atoms with van der Waals surface area (Å²) in [6, 6.07) is 21.8. The van der Waals surface area contributed by atoms with Gasteiger partial charge in [-0.25, -0.2) is 14.6 Å². The van der Waals surface area contributed by atoms with E-state index in [9.17, 15) is 14.4 Å². The molecule has 4 aromatic heterocycles. The van der Waals surface area contributed by atoms with Crippen LogP contribution in [0.1, 0.15) is 16.3 Å². The van der Waals surface area contributed by atoms with Gasteiger partial charge in [0, 0.05) is 40.1 Å². The highest BCUT2D eigenvalue weighted by Gasteiger charge is 2.22. The van der Waals surface area contributed by atoms with E-state index in [4.69, 9.17) is 5.73 Å². The molecule has 202 valence electrons. The molecule has 41 heavy (non-hydrogen) atoms. The van der Waals surface area contributed by atoms with Gasteiger partial charge < -0.3 is 16.0 Å². The summed E-state index contributed by atoms with van der Waals surface area (Å²) in [5.74, 6) is -0.979. The number of H-pyrrole nitrogens is 1. The molecule has 0 unspecified atom stereocenters. The summed E-state index contributed by atoms with van der Waals surface area (Å²) < 4.78 is 2.50. The Balaban J connectivity index is 1.39. The topological polar surface area (TPSA) is 166 Å². The molecule has 4 heterocycles. The van der Waals surface area contributed by atoms with Crippen molar-refractivity contribution < 1.29 is 9.59 Å². The standard InChI is InChI=1S/C29H23N9O3/c30-25(40)26-35-28(19-9-5-2-6-10-19)38(36-26)23-16-33-27(18-7-3-1-4-8-18)37(29(23)41)17-24(39)32-15-21-13-20-14-31-12-11-22(20)34-21/h1-14,16,34H,15,17H2,(H2,30,40)(H,32,39). The molecular weight excluding hydrogens is 522 g/mol. The predicted octanol–water partition coefficient (Wildman–Crippen LogP) is 2.45. The van der Waals surface area contributed by atoms with Gasteiger partial charge in [-0.2, -0.15) is 0 Å². The van der Waals surface area contributed by atoms with Crippen LogP contribution in [-0.4, -0.2) is 46.1 Å². The van der Waals surface area contributed by atoms with Gasteiger partial charge in [-0.05, 0) is 12.1 Å². The first-order valence-electron chi connectivity index (χ1n) is 12.6. The van der Waals surface area contributed by atoms with Crippen molar-refractivity contribution in [1.82, 2.24) is 39.6 Å². The van der Waals surface area contributed by atoms with E-state index in [0.717, 1.165) is 16.6 Å². The first-order valence-corrected chi connectivity index (χ1v) is 12.6. The van der Waals surface area contributed by atoms with Crippen molar-refractivity contribution in [3.63, 3.8) is 0 Å². The molecule has 0 bridgehead atoms. The van der Waals surface area contributed by atoms with Crippen LogP contribution in [0, 0.1) is 0 Å². The lowest BCUT2D eigenvalue weighted by molar-refractivity contribution is -0.121. The number of aromatic amines is 1. The van der Waals surface area contributed by atoms with Crippen LogP contribution in [0.15, 0.2) is 96.2 Å². The molecule has 0 fully saturated rings. The van der Waals surface area contributed by atoms with E-state index in [1.807, 2.05) is 36.4 Å². The van der Waals surface area contributed by atoms with E-state index < -0.39 is 17.4 Å². The normalized spacial score (nSPS) is 11.0. The Bertz CT molecular complexity index is 1910. The summed E-state index contributed by atoms with van der Waals surface area (Å²) in [5.41, 5.74) is 7.85. The van der Waals surface area contributed by atoms with Gasteiger partial charge in [-0.1, -0.05) is 60.7 Å². The minimum atomic E-state index is -0.845. The Labute approximate surface area is 232 Å². The van der Waals surface area contributed by atoms with E-state index in [0.29, 0.717) is 17.0 Å². The third-order valence-electron chi connectivity index (χ3n) is 6.40. The third-order valence-corrected chi connectivity index (χ3v) is 6.40. The van der Waals surface area contributed by atoms with Gasteiger partial charge in [-0.3, -0.25) is 23.9 Å². The van der Waals surface area contributed by atoms with Crippen LogP contribution in [0.3, 0.4) is 0 Å². The number of carbonyl (C=O) groups excluding carboxylic acids is 2. The maximum atomic E-state index is 14.0. The molecule has 0 spiro atoms. The lowest BCUT2D eigenvalue weighted by Crippen LogP contribution is -2.35. The molecule has 0 aliphatic heterocycles. The average Bonchev–Trinajstić information content (AvgIpc) is 3.63. The van der Waals surface area contributed by atoms with E-state index >= 15 is 0 Å². The Morgan fingerprint density at radius 3 is 2.32 bits per heavy atom. The molecule has 2 aromatic carbocycles. The van der Waals surface area contributed by atoms with Crippen molar-refractivity contribution in [3.05, 3.63) is 113 Å². The molecule has 12 nitrogen and oxygen atoms in total. The van der Waals surface area contributed by atoms with Crippen molar-refractivity contribution in [1.29, 1.82) is 0 Å². The molecule has 12 heteroatoms. The largest absolute Gasteiger partial charge is 0.363 e. The monoisotopic (exact) mass is 545 g/mol. The number of aromatic nitrogens is 7. The SMILES string of the molecule is NC(=O)c1nc(-c2ccccc2)n(-c2cnc(-c3ccccc3)n(CC(=O)NCc3cc4cnccc4[nH]3)c2=O)n1. The number of rotatable bonds is 8. The lowest BCUT2D eigenvalue weighted by Gasteiger charge is -2.14. The highest BCUT2D eigenvalue weighted by molar-refractivity contribution is 5.89. The van der Waals surface area contributed by atoms with Gasteiger partial charge in [0.2, 0.25) is 11.7 Å². The number of pyridine rings is 1. The van der Waals surface area contributed by atoms with E-state index in [-0.39, 0.29) is 30.4 Å². The molecular formula is C29H23N9O3. The van der Waals surface area contributed by atoms with Crippen LogP contribution < -0.4 is 16.6 Å². The average molecular weight is 546 g/mol. The van der Waals surface area contributed by atoms with Gasteiger partial charge in [0.1, 0.15) is 12.4 Å². The number of hydrogen-bond donors (Lipinski definition) is 3. The maximum absolute atomic E-state index is 14.0. The highest BCUT2D eigenvalue weighted by atomic mass is 16.2. The van der Waals surface area contributed by atoms with Crippen LogP contribution in [0.4, 0.5) is 0 Å². The second-order valence-corrected chi connectivity index (χ2v) is 9.16. The number of fused-ring (bicyclic) bond motifs is 1. The number of benzene rings is 2. The molecule has 0 saturated carbocycles. The first kappa shape index (κ1) is 25.4. The first-order chi connectivity index (χ1) is 20.0. The molecule has 0 aliphatic rings. The smallest absolute Gasteiger partial charge is 0.288 e. The van der Waals surface area contributed by atoms with Crippen LogP contribution in [0.5, 0.6) is 0 Å². The van der Waals surface area contributed by atoms with E-state index in [1.165, 1.54) is 15.4 Å². The second kappa shape index (κ2) is 10.7. The Morgan fingerprint density at radius 2 is 1.63 bits per heavy atom. The van der Waals surface area contributed by atoms with E-state index in [2.05, 4.69) is 30.4 Å². The zero-order valence-electron chi connectivity index (χ0n) is 21.6. The predicted molar refractivity (Wildman–Crippen MR) is 151 cm³/mol. The van der Waals surface area contributed by atoms with Gasteiger partial charge in [0.25, 0.3) is 11.5 Å². The van der Waals surface area contributed by atoms with Crippen molar-refractivity contribution in [3.8, 4) is 28.5 Å². The fourth-order valence-electron chi connectivity index (χ4n) is 4.47. The molecule has 6 rings (SSSR count). The van der Waals surface area contributed by atoms with Gasteiger partial charge in [0.15, 0.2) is 11.5 Å². The van der Waals surface area contributed by atoms with Gasteiger partial charge in [-0.15, -0.1) is 5.10 Å². The zero-order chi connectivity index (χ0) is 28.3. The fraction of sp³-hybridized carbons (Fsp3) is 0.0690. The summed E-state index contributed by atoms with van der Waals surface area (Å²) in [6.45, 7) is -0.0943. The van der Waals surface area contributed by atoms with Crippen LogP contribution in [0.25, 0.3) is 39.4 Å². The van der Waals surface area contributed by atoms with E-state index in [1.54, 1.807) is 48.8 Å². The molecule has 4 N–H and O–H groups in total. The number of carbonyl (C=O) groups is 2. The summed E-state index contributed by atoms with van der Waals surface area (Å²) in [6.07, 6.45) is 4.77. The molecule has 2 amide bonds. The fourth-order valence-corrected chi connectivity index (χ4v) is 4.47. The summed E-state index contributed by atoms with van der Waals surface area (Å²) in [5, 5.41) is 7.98. The lowest BCUT2D eigenvalue weighted by atomic mass is 10.2.